The zero-order valence-electron chi connectivity index (χ0n) is 18.7. The molecule has 0 saturated carbocycles. The summed E-state index contributed by atoms with van der Waals surface area (Å²) in [5, 5.41) is 13.3. The number of thioether (sulfide) groups is 1. The van der Waals surface area contributed by atoms with Gasteiger partial charge in [0.2, 0.25) is 5.91 Å². The van der Waals surface area contributed by atoms with E-state index in [4.69, 9.17) is 0 Å². The maximum atomic E-state index is 13.8. The van der Waals surface area contributed by atoms with Crippen molar-refractivity contribution >= 4 is 34.3 Å². The van der Waals surface area contributed by atoms with Crippen molar-refractivity contribution in [1.29, 1.82) is 0 Å². The molecule has 0 aliphatic rings. The van der Waals surface area contributed by atoms with Crippen molar-refractivity contribution in [2.45, 2.75) is 19.0 Å². The number of aryl methyl sites for hydroxylation is 2. The first-order valence-corrected chi connectivity index (χ1v) is 11.8. The van der Waals surface area contributed by atoms with Crippen molar-refractivity contribution in [3.05, 3.63) is 89.9 Å². The number of carbonyl (C=O) groups is 1. The van der Waals surface area contributed by atoms with Gasteiger partial charge in [-0.15, -0.1) is 10.2 Å². The van der Waals surface area contributed by atoms with Crippen LogP contribution < -0.4 is 5.32 Å². The Bertz CT molecular complexity index is 1510. The van der Waals surface area contributed by atoms with Gasteiger partial charge in [-0.1, -0.05) is 48.2 Å². The number of amides is 1. The Morgan fingerprint density at radius 2 is 1.91 bits per heavy atom. The number of para-hydroxylation sites is 1. The quantitative estimate of drug-likeness (QED) is 0.302. The number of nitrogens with one attached hydrogen (secondary N) is 2. The SMILES string of the molecule is Cc1cccc(-n2c(SCC(=O)Nc3ccc(C)c(F)c3)nnc2-c2c[nH]c3ccccc23)c1. The molecule has 170 valence electrons. The Kier molecular flexibility index (Phi) is 5.90. The maximum Gasteiger partial charge on any atom is 0.234 e. The predicted octanol–water partition coefficient (Wildman–Crippen LogP) is 5.90. The van der Waals surface area contributed by atoms with Gasteiger partial charge < -0.3 is 10.3 Å². The Morgan fingerprint density at radius 3 is 2.74 bits per heavy atom. The van der Waals surface area contributed by atoms with E-state index >= 15 is 0 Å². The molecule has 0 saturated heterocycles. The first-order chi connectivity index (χ1) is 16.5. The number of H-pyrrole nitrogens is 1. The summed E-state index contributed by atoms with van der Waals surface area (Å²) in [6.45, 7) is 3.71. The van der Waals surface area contributed by atoms with Gasteiger partial charge in [0, 0.05) is 34.0 Å². The lowest BCUT2D eigenvalue weighted by Crippen LogP contribution is -2.14. The average Bonchev–Trinajstić information content (AvgIpc) is 3.44. The summed E-state index contributed by atoms with van der Waals surface area (Å²) >= 11 is 1.28. The Morgan fingerprint density at radius 1 is 1.06 bits per heavy atom. The van der Waals surface area contributed by atoms with Gasteiger partial charge in [-0.25, -0.2) is 4.39 Å². The van der Waals surface area contributed by atoms with Crippen LogP contribution in [0.1, 0.15) is 11.1 Å². The second-order valence-electron chi connectivity index (χ2n) is 8.03. The fourth-order valence-corrected chi connectivity index (χ4v) is 4.54. The van der Waals surface area contributed by atoms with Crippen LogP contribution in [-0.4, -0.2) is 31.4 Å². The standard InChI is InChI=1S/C26H22FN5OS/c1-16-6-5-7-19(12-16)32-25(21-14-28-23-9-4-3-8-20(21)23)30-31-26(32)34-15-24(33)29-18-11-10-17(2)22(27)13-18/h3-14,28H,15H2,1-2H3,(H,29,33). The van der Waals surface area contributed by atoms with E-state index in [1.54, 1.807) is 19.1 Å². The molecule has 0 atom stereocenters. The van der Waals surface area contributed by atoms with E-state index in [1.807, 2.05) is 60.2 Å². The minimum absolute atomic E-state index is 0.104. The van der Waals surface area contributed by atoms with Crippen LogP contribution in [0, 0.1) is 19.7 Å². The van der Waals surface area contributed by atoms with Crippen molar-refractivity contribution in [1.82, 2.24) is 19.7 Å². The van der Waals surface area contributed by atoms with E-state index in [1.165, 1.54) is 17.8 Å². The number of aromatic amines is 1. The molecular formula is C26H22FN5OS. The number of aromatic nitrogens is 4. The largest absolute Gasteiger partial charge is 0.360 e. The molecule has 34 heavy (non-hydrogen) atoms. The van der Waals surface area contributed by atoms with Crippen LogP contribution >= 0.6 is 11.8 Å². The minimum atomic E-state index is -0.354. The lowest BCUT2D eigenvalue weighted by molar-refractivity contribution is -0.113. The fraction of sp³-hybridized carbons (Fsp3) is 0.115. The summed E-state index contributed by atoms with van der Waals surface area (Å²) in [4.78, 5) is 15.9. The third kappa shape index (κ3) is 4.32. The number of fused-ring (bicyclic) bond motifs is 1. The number of hydrogen-bond acceptors (Lipinski definition) is 4. The van der Waals surface area contributed by atoms with Gasteiger partial charge in [0.1, 0.15) is 5.82 Å². The molecule has 5 aromatic rings. The van der Waals surface area contributed by atoms with Crippen LogP contribution in [0.4, 0.5) is 10.1 Å². The molecule has 0 spiro atoms. The summed E-state index contributed by atoms with van der Waals surface area (Å²) in [5.41, 5.74) is 4.91. The lowest BCUT2D eigenvalue weighted by Gasteiger charge is -2.11. The third-order valence-corrected chi connectivity index (χ3v) is 6.44. The summed E-state index contributed by atoms with van der Waals surface area (Å²) in [7, 11) is 0. The zero-order valence-corrected chi connectivity index (χ0v) is 19.5. The minimum Gasteiger partial charge on any atom is -0.360 e. The van der Waals surface area contributed by atoms with E-state index in [-0.39, 0.29) is 17.5 Å². The van der Waals surface area contributed by atoms with E-state index in [2.05, 4.69) is 26.6 Å². The Labute approximate surface area is 200 Å². The first kappa shape index (κ1) is 21.9. The number of nitrogens with zero attached hydrogens (tertiary/aromatic N) is 3. The van der Waals surface area contributed by atoms with Crippen molar-refractivity contribution in [2.75, 3.05) is 11.1 Å². The van der Waals surface area contributed by atoms with Crippen LogP contribution in [0.2, 0.25) is 0 Å². The number of hydrogen-bond donors (Lipinski definition) is 2. The number of anilines is 1. The van der Waals surface area contributed by atoms with Crippen LogP contribution in [0.15, 0.2) is 78.1 Å². The molecule has 2 heterocycles. The van der Waals surface area contributed by atoms with E-state index in [0.29, 0.717) is 22.2 Å². The third-order valence-electron chi connectivity index (χ3n) is 5.51. The number of carbonyl (C=O) groups excluding carboxylic acids is 1. The van der Waals surface area contributed by atoms with Gasteiger partial charge in [0.25, 0.3) is 0 Å². The molecule has 5 rings (SSSR count). The highest BCUT2D eigenvalue weighted by molar-refractivity contribution is 7.99. The molecule has 0 fully saturated rings. The Balaban J connectivity index is 1.46. The summed E-state index contributed by atoms with van der Waals surface area (Å²) in [5.74, 6) is 0.188. The summed E-state index contributed by atoms with van der Waals surface area (Å²) < 4.78 is 15.8. The molecule has 3 aromatic carbocycles. The summed E-state index contributed by atoms with van der Waals surface area (Å²) in [6.07, 6.45) is 1.92. The number of benzene rings is 3. The highest BCUT2D eigenvalue weighted by Gasteiger charge is 2.20. The lowest BCUT2D eigenvalue weighted by atomic mass is 10.1. The fourth-order valence-electron chi connectivity index (χ4n) is 3.79. The van der Waals surface area contributed by atoms with Gasteiger partial charge in [-0.05, 0) is 55.3 Å². The van der Waals surface area contributed by atoms with Gasteiger partial charge in [-0.2, -0.15) is 0 Å². The molecule has 6 nitrogen and oxygen atoms in total. The van der Waals surface area contributed by atoms with Crippen molar-refractivity contribution in [3.8, 4) is 17.1 Å². The van der Waals surface area contributed by atoms with E-state index in [0.717, 1.165) is 27.7 Å². The van der Waals surface area contributed by atoms with Gasteiger partial charge in [0.15, 0.2) is 11.0 Å². The highest BCUT2D eigenvalue weighted by Crippen LogP contribution is 2.32. The van der Waals surface area contributed by atoms with Crippen molar-refractivity contribution in [3.63, 3.8) is 0 Å². The van der Waals surface area contributed by atoms with Gasteiger partial charge >= 0.3 is 0 Å². The number of halogens is 1. The molecule has 2 aromatic heterocycles. The van der Waals surface area contributed by atoms with Gasteiger partial charge in [0.05, 0.1) is 5.75 Å². The molecule has 8 heteroatoms. The molecule has 0 unspecified atom stereocenters. The first-order valence-electron chi connectivity index (χ1n) is 10.8. The molecule has 2 N–H and O–H groups in total. The number of rotatable bonds is 6. The molecule has 0 bridgehead atoms. The molecule has 0 aliphatic carbocycles. The highest BCUT2D eigenvalue weighted by atomic mass is 32.2. The van der Waals surface area contributed by atoms with E-state index in [9.17, 15) is 9.18 Å². The maximum absolute atomic E-state index is 13.8. The topological polar surface area (TPSA) is 75.6 Å². The monoisotopic (exact) mass is 471 g/mol. The van der Waals surface area contributed by atoms with Crippen LogP contribution in [0.25, 0.3) is 28.0 Å². The molecular weight excluding hydrogens is 449 g/mol. The smallest absolute Gasteiger partial charge is 0.234 e. The van der Waals surface area contributed by atoms with E-state index < -0.39 is 0 Å². The second kappa shape index (κ2) is 9.15. The normalized spacial score (nSPS) is 11.1. The second-order valence-corrected chi connectivity index (χ2v) is 8.97. The molecule has 0 radical (unpaired) electrons. The molecule has 1 amide bonds. The average molecular weight is 472 g/mol. The van der Waals surface area contributed by atoms with Crippen molar-refractivity contribution in [2.24, 2.45) is 0 Å². The van der Waals surface area contributed by atoms with Crippen LogP contribution in [0.3, 0.4) is 0 Å². The predicted molar refractivity (Wildman–Crippen MR) is 134 cm³/mol. The van der Waals surface area contributed by atoms with Gasteiger partial charge in [-0.3, -0.25) is 9.36 Å². The zero-order chi connectivity index (χ0) is 23.7. The van der Waals surface area contributed by atoms with Crippen molar-refractivity contribution < 1.29 is 9.18 Å². The van der Waals surface area contributed by atoms with Crippen LogP contribution in [-0.2, 0) is 4.79 Å². The van der Waals surface area contributed by atoms with Crippen LogP contribution in [0.5, 0.6) is 0 Å². The molecule has 0 aliphatic heterocycles. The summed E-state index contributed by atoms with van der Waals surface area (Å²) in [6, 6.07) is 20.7. The Hall–Kier alpha value is -3.91.